The van der Waals surface area contributed by atoms with Crippen molar-refractivity contribution in [3.05, 3.63) is 77.1 Å². The van der Waals surface area contributed by atoms with Crippen LogP contribution in [0.15, 0.2) is 64.0 Å². The van der Waals surface area contributed by atoms with Crippen LogP contribution in [-0.2, 0) is 6.42 Å². The van der Waals surface area contributed by atoms with Crippen LogP contribution in [0.2, 0.25) is 0 Å². The lowest BCUT2D eigenvalue weighted by molar-refractivity contribution is 0.599. The van der Waals surface area contributed by atoms with Gasteiger partial charge in [-0.25, -0.2) is 0 Å². The van der Waals surface area contributed by atoms with Crippen LogP contribution in [0.5, 0.6) is 0 Å². The zero-order valence-electron chi connectivity index (χ0n) is 15.9. The van der Waals surface area contributed by atoms with Gasteiger partial charge in [-0.15, -0.1) is 0 Å². The molecule has 0 N–H and O–H groups in total. The van der Waals surface area contributed by atoms with E-state index in [0.29, 0.717) is 0 Å². The van der Waals surface area contributed by atoms with Crippen molar-refractivity contribution in [1.29, 1.82) is 0 Å². The second-order valence-corrected chi connectivity index (χ2v) is 6.32. The van der Waals surface area contributed by atoms with Crippen molar-refractivity contribution in [2.45, 2.75) is 34.1 Å². The highest BCUT2D eigenvalue weighted by molar-refractivity contribution is 6.11. The summed E-state index contributed by atoms with van der Waals surface area (Å²) in [5.74, 6) is 0.928. The number of hydrogen-bond donors (Lipinski definition) is 0. The highest BCUT2D eigenvalue weighted by Gasteiger charge is 2.13. The van der Waals surface area contributed by atoms with E-state index < -0.39 is 0 Å². The monoisotopic (exact) mass is 343 g/mol. The van der Waals surface area contributed by atoms with E-state index in [9.17, 15) is 0 Å². The first-order valence-corrected chi connectivity index (χ1v) is 9.12. The first kappa shape index (κ1) is 17.9. The molecule has 0 bridgehead atoms. The molecule has 0 saturated heterocycles. The molecule has 132 valence electrons. The van der Waals surface area contributed by atoms with E-state index >= 15 is 0 Å². The molecule has 0 atom stereocenters. The van der Waals surface area contributed by atoms with Crippen molar-refractivity contribution in [3.63, 3.8) is 0 Å². The van der Waals surface area contributed by atoms with Gasteiger partial charge in [0.2, 0.25) is 0 Å². The molecule has 1 aromatic heterocycles. The third-order valence-corrected chi connectivity index (χ3v) is 4.54. The Hall–Kier alpha value is -2.87. The van der Waals surface area contributed by atoms with Crippen molar-refractivity contribution in [3.8, 4) is 0 Å². The lowest BCUT2D eigenvalue weighted by atomic mass is 10.1. The van der Waals surface area contributed by atoms with E-state index in [1.807, 2.05) is 44.3 Å². The van der Waals surface area contributed by atoms with Gasteiger partial charge in [0.05, 0.1) is 0 Å². The summed E-state index contributed by atoms with van der Waals surface area (Å²) in [5, 5.41) is 1.15. The molecule has 2 nitrogen and oxygen atoms in total. The predicted octanol–water partition coefficient (Wildman–Crippen LogP) is 7.14. The van der Waals surface area contributed by atoms with Crippen LogP contribution in [0.25, 0.3) is 22.6 Å². The molecule has 0 amide bonds. The molecular formula is C24H25NO. The van der Waals surface area contributed by atoms with E-state index in [0.717, 1.165) is 40.0 Å². The quantitative estimate of drug-likeness (QED) is 0.452. The number of aryl methyl sites for hydroxylation is 2. The van der Waals surface area contributed by atoms with Crippen LogP contribution in [-0.4, -0.2) is 6.21 Å². The minimum absolute atomic E-state index is 0.855. The maximum atomic E-state index is 6.13. The number of allylic oxidation sites excluding steroid dienone is 3. The average Bonchev–Trinajstić information content (AvgIpc) is 3.01. The molecule has 0 saturated carbocycles. The Morgan fingerprint density at radius 3 is 2.50 bits per heavy atom. The van der Waals surface area contributed by atoms with Crippen LogP contribution < -0.4 is 0 Å². The molecule has 0 aliphatic rings. The number of para-hydroxylation sites is 1. The molecule has 2 aromatic carbocycles. The van der Waals surface area contributed by atoms with E-state index in [1.54, 1.807) is 0 Å². The van der Waals surface area contributed by atoms with Crippen LogP contribution in [0.1, 0.15) is 43.2 Å². The van der Waals surface area contributed by atoms with E-state index in [-0.39, 0.29) is 0 Å². The van der Waals surface area contributed by atoms with Gasteiger partial charge in [-0.05, 0) is 50.5 Å². The molecule has 1 heterocycles. The maximum Gasteiger partial charge on any atom is 0.160 e. The Morgan fingerprint density at radius 2 is 1.85 bits per heavy atom. The van der Waals surface area contributed by atoms with Crippen molar-refractivity contribution < 1.29 is 4.42 Å². The van der Waals surface area contributed by atoms with E-state index in [4.69, 9.17) is 9.41 Å². The Bertz CT molecular complexity index is 985. The van der Waals surface area contributed by atoms with Gasteiger partial charge in [0.1, 0.15) is 11.4 Å². The maximum absolute atomic E-state index is 6.13. The number of fused-ring (bicyclic) bond motifs is 1. The number of furan rings is 1. The number of rotatable bonds is 5. The van der Waals surface area contributed by atoms with Crippen LogP contribution in [0, 0.1) is 6.92 Å². The fraction of sp³-hybridized carbons (Fsp3) is 0.208. The summed E-state index contributed by atoms with van der Waals surface area (Å²) in [6.07, 6.45) is 8.97. The summed E-state index contributed by atoms with van der Waals surface area (Å²) in [6.45, 7) is 8.29. The van der Waals surface area contributed by atoms with E-state index in [1.165, 1.54) is 11.1 Å². The summed E-state index contributed by atoms with van der Waals surface area (Å²) in [4.78, 5) is 4.74. The number of hydrogen-bond acceptors (Lipinski definition) is 2. The second kappa shape index (κ2) is 8.01. The molecule has 2 heteroatoms. The van der Waals surface area contributed by atoms with Crippen molar-refractivity contribution in [2.24, 2.45) is 4.99 Å². The third-order valence-electron chi connectivity index (χ3n) is 4.54. The van der Waals surface area contributed by atoms with Crippen molar-refractivity contribution in [2.75, 3.05) is 0 Å². The third kappa shape index (κ3) is 3.55. The minimum atomic E-state index is 0.855. The molecule has 26 heavy (non-hydrogen) atoms. The molecular weight excluding hydrogens is 318 g/mol. The van der Waals surface area contributed by atoms with Gasteiger partial charge in [-0.3, -0.25) is 4.99 Å². The first-order valence-electron chi connectivity index (χ1n) is 9.12. The molecule has 0 radical (unpaired) electrons. The molecule has 3 rings (SSSR count). The van der Waals surface area contributed by atoms with Gasteiger partial charge in [0.15, 0.2) is 5.58 Å². The lowest BCUT2D eigenvalue weighted by Crippen LogP contribution is -1.86. The topological polar surface area (TPSA) is 25.5 Å². The summed E-state index contributed by atoms with van der Waals surface area (Å²) in [5.41, 5.74) is 6.47. The molecule has 0 aliphatic carbocycles. The standard InChI is InChI=1S/C24H25NO/c1-5-9-23-20(7-3)21-10-8-11-22(24(21)26-23)25-16-18(6-2)19-14-12-17(4)13-15-19/h5-6,8-16H,7H2,1-4H3/b9-5-,18-6+,25-16?. The molecule has 0 aliphatic heterocycles. The molecule has 3 aromatic rings. The van der Waals surface area contributed by atoms with Crippen LogP contribution >= 0.6 is 0 Å². The first-order chi connectivity index (χ1) is 12.7. The van der Waals surface area contributed by atoms with Gasteiger partial charge in [-0.2, -0.15) is 0 Å². The normalized spacial score (nSPS) is 12.7. The van der Waals surface area contributed by atoms with Gasteiger partial charge < -0.3 is 4.42 Å². The Labute approximate surface area is 155 Å². The molecule has 0 fully saturated rings. The summed E-state index contributed by atoms with van der Waals surface area (Å²) < 4.78 is 6.13. The van der Waals surface area contributed by atoms with Crippen LogP contribution in [0.4, 0.5) is 5.69 Å². The Kier molecular flexibility index (Phi) is 5.52. The van der Waals surface area contributed by atoms with Gasteiger partial charge in [0, 0.05) is 17.2 Å². The summed E-state index contributed by atoms with van der Waals surface area (Å²) in [7, 11) is 0. The average molecular weight is 343 g/mol. The van der Waals surface area contributed by atoms with Crippen molar-refractivity contribution >= 4 is 34.5 Å². The largest absolute Gasteiger partial charge is 0.454 e. The number of aliphatic imine (C=N–C) groups is 1. The smallest absolute Gasteiger partial charge is 0.160 e. The predicted molar refractivity (Wildman–Crippen MR) is 113 cm³/mol. The van der Waals surface area contributed by atoms with E-state index in [2.05, 4.69) is 50.3 Å². The SMILES string of the molecule is C/C=C\c1oc2c(N=C/C(=C\C)c3ccc(C)cc3)cccc2c1CC. The molecule has 0 spiro atoms. The summed E-state index contributed by atoms with van der Waals surface area (Å²) in [6, 6.07) is 14.7. The zero-order valence-corrected chi connectivity index (χ0v) is 15.9. The van der Waals surface area contributed by atoms with Gasteiger partial charge in [-0.1, -0.05) is 61.0 Å². The minimum Gasteiger partial charge on any atom is -0.454 e. The zero-order chi connectivity index (χ0) is 18.5. The summed E-state index contributed by atoms with van der Waals surface area (Å²) >= 11 is 0. The van der Waals surface area contributed by atoms with Crippen molar-refractivity contribution in [1.82, 2.24) is 0 Å². The fourth-order valence-electron chi connectivity index (χ4n) is 3.13. The Balaban J connectivity index is 2.02. The molecule has 0 unspecified atom stereocenters. The van der Waals surface area contributed by atoms with Gasteiger partial charge >= 0.3 is 0 Å². The highest BCUT2D eigenvalue weighted by Crippen LogP contribution is 2.34. The fourth-order valence-corrected chi connectivity index (χ4v) is 3.13. The Morgan fingerprint density at radius 1 is 1.08 bits per heavy atom. The lowest BCUT2D eigenvalue weighted by Gasteiger charge is -2.02. The number of benzene rings is 2. The second-order valence-electron chi connectivity index (χ2n) is 6.32. The van der Waals surface area contributed by atoms with Gasteiger partial charge in [0.25, 0.3) is 0 Å². The van der Waals surface area contributed by atoms with Crippen LogP contribution in [0.3, 0.4) is 0 Å². The number of nitrogens with zero attached hydrogens (tertiary/aromatic N) is 1. The highest BCUT2D eigenvalue weighted by atomic mass is 16.3.